The Hall–Kier alpha value is -3.48. The molecule has 2 aromatic carbocycles. The molecule has 3 rings (SSSR count). The van der Waals surface area contributed by atoms with E-state index in [4.69, 9.17) is 13.9 Å². The van der Waals surface area contributed by atoms with Crippen LogP contribution in [-0.4, -0.2) is 43.7 Å². The van der Waals surface area contributed by atoms with Gasteiger partial charge in [0.05, 0.1) is 7.11 Å². The highest BCUT2D eigenvalue weighted by atomic mass is 16.5. The van der Waals surface area contributed by atoms with Crippen molar-refractivity contribution >= 4 is 16.9 Å². The summed E-state index contributed by atoms with van der Waals surface area (Å²) in [6, 6.07) is 9.85. The maximum Gasteiger partial charge on any atom is 0.259 e. The Bertz CT molecular complexity index is 1170. The van der Waals surface area contributed by atoms with E-state index in [0.717, 1.165) is 42.6 Å². The minimum atomic E-state index is -0.363. The Morgan fingerprint density at radius 2 is 1.91 bits per heavy atom. The lowest BCUT2D eigenvalue weighted by Gasteiger charge is -2.13. The van der Waals surface area contributed by atoms with Crippen molar-refractivity contribution in [1.82, 2.24) is 4.90 Å². The minimum Gasteiger partial charge on any atom is -0.507 e. The molecule has 1 amide bonds. The van der Waals surface area contributed by atoms with Crippen molar-refractivity contribution in [3.05, 3.63) is 52.2 Å². The lowest BCUT2D eigenvalue weighted by atomic mass is 10.0. The number of aryl methyl sites for hydroxylation is 1. The van der Waals surface area contributed by atoms with E-state index in [1.54, 1.807) is 21.2 Å². The number of benzene rings is 2. The van der Waals surface area contributed by atoms with Crippen LogP contribution in [0.2, 0.25) is 0 Å². The molecule has 1 heterocycles. The van der Waals surface area contributed by atoms with Crippen LogP contribution < -0.4 is 14.9 Å². The van der Waals surface area contributed by atoms with Crippen LogP contribution in [-0.2, 0) is 11.2 Å². The number of carbonyl (C=O) groups excluding carboxylic acids is 1. The normalized spacial score (nSPS) is 10.9. The van der Waals surface area contributed by atoms with E-state index >= 15 is 0 Å². The molecule has 7 heteroatoms. The fourth-order valence-corrected chi connectivity index (χ4v) is 3.44. The Labute approximate surface area is 187 Å². The summed E-state index contributed by atoms with van der Waals surface area (Å²) < 4.78 is 16.9. The zero-order valence-corrected chi connectivity index (χ0v) is 18.9. The fraction of sp³-hybridized carbons (Fsp3) is 0.360. The summed E-state index contributed by atoms with van der Waals surface area (Å²) in [5, 5.41) is 10.4. The SMILES string of the molecule is CCCCCc1cc(-c2cc(=O)c3c(O)cc(OCC(=O)N(C)C)cc3o2)ccc1OC. The van der Waals surface area contributed by atoms with Crippen molar-refractivity contribution < 1.29 is 23.8 Å². The van der Waals surface area contributed by atoms with Crippen LogP contribution in [0.4, 0.5) is 0 Å². The molecule has 32 heavy (non-hydrogen) atoms. The van der Waals surface area contributed by atoms with Gasteiger partial charge >= 0.3 is 0 Å². The van der Waals surface area contributed by atoms with Crippen LogP contribution in [0.3, 0.4) is 0 Å². The van der Waals surface area contributed by atoms with E-state index in [2.05, 4.69) is 6.92 Å². The summed E-state index contributed by atoms with van der Waals surface area (Å²) in [7, 11) is 4.89. The van der Waals surface area contributed by atoms with E-state index < -0.39 is 0 Å². The molecule has 0 bridgehead atoms. The van der Waals surface area contributed by atoms with E-state index in [-0.39, 0.29) is 40.4 Å². The predicted octanol–water partition coefficient (Wildman–Crippen LogP) is 4.37. The molecule has 0 spiro atoms. The van der Waals surface area contributed by atoms with Crippen LogP contribution in [0.15, 0.2) is 45.6 Å². The van der Waals surface area contributed by atoms with Gasteiger partial charge < -0.3 is 23.9 Å². The summed E-state index contributed by atoms with van der Waals surface area (Å²) in [4.78, 5) is 25.9. The molecule has 0 aliphatic rings. The molecule has 7 nitrogen and oxygen atoms in total. The summed E-state index contributed by atoms with van der Waals surface area (Å²) in [5.41, 5.74) is 1.61. The molecule has 1 aromatic heterocycles. The molecule has 1 N–H and O–H groups in total. The van der Waals surface area contributed by atoms with Crippen molar-refractivity contribution in [3.63, 3.8) is 0 Å². The third-order valence-electron chi connectivity index (χ3n) is 5.26. The van der Waals surface area contributed by atoms with Gasteiger partial charge in [0, 0.05) is 37.9 Å². The van der Waals surface area contributed by atoms with Crippen molar-refractivity contribution in [2.24, 2.45) is 0 Å². The molecular formula is C25H29NO6. The number of hydrogen-bond donors (Lipinski definition) is 1. The van der Waals surface area contributed by atoms with Gasteiger partial charge in [-0.15, -0.1) is 0 Å². The van der Waals surface area contributed by atoms with Gasteiger partial charge in [0.2, 0.25) is 0 Å². The smallest absolute Gasteiger partial charge is 0.259 e. The van der Waals surface area contributed by atoms with E-state index in [1.165, 1.54) is 23.1 Å². The standard InChI is InChI=1S/C25H29NO6/c1-5-6-7-8-16-11-17(9-10-21(16)30-4)22-14-20(28)25-19(27)12-18(13-23(25)32-22)31-15-24(29)26(2)3/h9-14,27H,5-8,15H2,1-4H3. The fourth-order valence-electron chi connectivity index (χ4n) is 3.44. The second-order valence-electron chi connectivity index (χ2n) is 7.85. The molecule has 0 saturated heterocycles. The second-order valence-corrected chi connectivity index (χ2v) is 7.85. The third-order valence-corrected chi connectivity index (χ3v) is 5.26. The zero-order valence-electron chi connectivity index (χ0n) is 18.9. The first-order chi connectivity index (χ1) is 15.3. The van der Waals surface area contributed by atoms with Crippen molar-refractivity contribution in [2.75, 3.05) is 27.8 Å². The van der Waals surface area contributed by atoms with Gasteiger partial charge in [-0.2, -0.15) is 0 Å². The number of hydrogen-bond acceptors (Lipinski definition) is 6. The number of carbonyl (C=O) groups is 1. The number of rotatable bonds is 9. The molecule has 170 valence electrons. The highest BCUT2D eigenvalue weighted by Crippen LogP contribution is 2.33. The molecule has 0 radical (unpaired) electrons. The Morgan fingerprint density at radius 3 is 2.59 bits per heavy atom. The number of ether oxygens (including phenoxy) is 2. The van der Waals surface area contributed by atoms with E-state index in [9.17, 15) is 14.7 Å². The van der Waals surface area contributed by atoms with Crippen molar-refractivity contribution in [1.29, 1.82) is 0 Å². The number of amides is 1. The molecule has 0 fully saturated rings. The quantitative estimate of drug-likeness (QED) is 0.498. The van der Waals surface area contributed by atoms with Gasteiger partial charge in [0.25, 0.3) is 5.91 Å². The summed E-state index contributed by atoms with van der Waals surface area (Å²) >= 11 is 0. The summed E-state index contributed by atoms with van der Waals surface area (Å²) in [6.07, 6.45) is 4.14. The van der Waals surface area contributed by atoms with Crippen molar-refractivity contribution in [2.45, 2.75) is 32.6 Å². The first-order valence-corrected chi connectivity index (χ1v) is 10.6. The second kappa shape index (κ2) is 10.2. The maximum absolute atomic E-state index is 12.7. The van der Waals surface area contributed by atoms with Crippen LogP contribution in [0.5, 0.6) is 17.2 Å². The first-order valence-electron chi connectivity index (χ1n) is 10.6. The van der Waals surface area contributed by atoms with Crippen LogP contribution >= 0.6 is 0 Å². The Morgan fingerprint density at radius 1 is 1.12 bits per heavy atom. The third kappa shape index (κ3) is 5.22. The number of phenols is 1. The van der Waals surface area contributed by atoms with Gasteiger partial charge in [0.1, 0.15) is 34.0 Å². The number of likely N-dealkylation sites (N-methyl/N-ethyl adjacent to an activating group) is 1. The molecule has 0 atom stereocenters. The number of unbranched alkanes of at least 4 members (excludes halogenated alkanes) is 2. The van der Waals surface area contributed by atoms with Gasteiger partial charge in [-0.3, -0.25) is 9.59 Å². The van der Waals surface area contributed by atoms with Gasteiger partial charge in [-0.25, -0.2) is 0 Å². The van der Waals surface area contributed by atoms with Crippen LogP contribution in [0.1, 0.15) is 31.7 Å². The van der Waals surface area contributed by atoms with Gasteiger partial charge in [-0.1, -0.05) is 19.8 Å². The monoisotopic (exact) mass is 439 g/mol. The van der Waals surface area contributed by atoms with Gasteiger partial charge in [0.15, 0.2) is 12.0 Å². The lowest BCUT2D eigenvalue weighted by Crippen LogP contribution is -2.27. The number of fused-ring (bicyclic) bond motifs is 1. The number of methoxy groups -OCH3 is 1. The largest absolute Gasteiger partial charge is 0.507 e. The van der Waals surface area contributed by atoms with E-state index in [0.29, 0.717) is 5.76 Å². The lowest BCUT2D eigenvalue weighted by molar-refractivity contribution is -0.130. The van der Waals surface area contributed by atoms with Crippen molar-refractivity contribution in [3.8, 4) is 28.6 Å². The highest BCUT2D eigenvalue weighted by molar-refractivity contribution is 5.86. The molecule has 0 unspecified atom stereocenters. The Kier molecular flexibility index (Phi) is 7.41. The first kappa shape index (κ1) is 23.2. The zero-order chi connectivity index (χ0) is 23.3. The molecule has 0 aliphatic heterocycles. The average Bonchev–Trinajstić information content (AvgIpc) is 2.76. The molecule has 3 aromatic rings. The average molecular weight is 440 g/mol. The van der Waals surface area contributed by atoms with Crippen LogP contribution in [0, 0.1) is 0 Å². The molecule has 0 saturated carbocycles. The highest BCUT2D eigenvalue weighted by Gasteiger charge is 2.15. The van der Waals surface area contributed by atoms with Crippen LogP contribution in [0.25, 0.3) is 22.3 Å². The number of aromatic hydroxyl groups is 1. The topological polar surface area (TPSA) is 89.2 Å². The minimum absolute atomic E-state index is 0.0664. The predicted molar refractivity (Wildman–Crippen MR) is 124 cm³/mol. The number of phenolic OH excluding ortho intramolecular Hbond substituents is 1. The Balaban J connectivity index is 1.99. The maximum atomic E-state index is 12.7. The summed E-state index contributed by atoms with van der Waals surface area (Å²) in [6.45, 7) is 1.96. The van der Waals surface area contributed by atoms with Gasteiger partial charge in [-0.05, 0) is 36.6 Å². The van der Waals surface area contributed by atoms with E-state index in [1.807, 2.05) is 18.2 Å². The summed E-state index contributed by atoms with van der Waals surface area (Å²) in [5.74, 6) is 0.925. The number of nitrogens with zero attached hydrogens (tertiary/aromatic N) is 1. The molecule has 0 aliphatic carbocycles. The molecular weight excluding hydrogens is 410 g/mol.